The van der Waals surface area contributed by atoms with Gasteiger partial charge in [-0.05, 0) is 81.4 Å². The molecule has 0 saturated carbocycles. The highest BCUT2D eigenvalue weighted by Crippen LogP contribution is 2.25. The van der Waals surface area contributed by atoms with Gasteiger partial charge in [-0.1, -0.05) is 0 Å². The summed E-state index contributed by atoms with van der Waals surface area (Å²) in [6, 6.07) is 14.0. The van der Waals surface area contributed by atoms with E-state index in [1.807, 2.05) is 24.3 Å². The van der Waals surface area contributed by atoms with E-state index in [9.17, 15) is 9.59 Å². The van der Waals surface area contributed by atoms with Gasteiger partial charge in [-0.15, -0.1) is 0 Å². The number of benzene rings is 2. The molecule has 3 saturated heterocycles. The number of anilines is 4. The molecule has 4 heterocycles. The van der Waals surface area contributed by atoms with Gasteiger partial charge in [0.2, 0.25) is 11.9 Å². The molecule has 3 aliphatic heterocycles. The van der Waals surface area contributed by atoms with Crippen LogP contribution in [0.5, 0.6) is 0 Å². The highest BCUT2D eigenvalue weighted by molar-refractivity contribution is 6.00. The van der Waals surface area contributed by atoms with Crippen LogP contribution in [0.15, 0.2) is 48.5 Å². The van der Waals surface area contributed by atoms with Crippen LogP contribution in [0.25, 0.3) is 11.4 Å². The van der Waals surface area contributed by atoms with Crippen molar-refractivity contribution in [2.24, 2.45) is 0 Å². The van der Waals surface area contributed by atoms with Crippen LogP contribution in [-0.2, 0) is 9.47 Å². The van der Waals surface area contributed by atoms with E-state index < -0.39 is 0 Å². The molecule has 3 amide bonds. The lowest BCUT2D eigenvalue weighted by Crippen LogP contribution is -2.45. The van der Waals surface area contributed by atoms with Crippen molar-refractivity contribution in [1.29, 1.82) is 0 Å². The largest absolute Gasteiger partial charge is 0.378 e. The number of rotatable bonds is 9. The number of carbonyl (C=O) groups excluding carboxylic acids is 2. The van der Waals surface area contributed by atoms with Crippen LogP contribution in [0.1, 0.15) is 30.1 Å². The molecule has 0 aliphatic carbocycles. The quantitative estimate of drug-likeness (QED) is 0.329. The minimum atomic E-state index is -0.385. The van der Waals surface area contributed by atoms with E-state index in [0.717, 1.165) is 25.2 Å². The van der Waals surface area contributed by atoms with Gasteiger partial charge in [-0.3, -0.25) is 4.79 Å². The fraction of sp³-hybridized carbons (Fsp3) is 0.469. The summed E-state index contributed by atoms with van der Waals surface area (Å²) in [6.45, 7) is 10.4. The zero-order valence-electron chi connectivity index (χ0n) is 25.7. The first-order valence-corrected chi connectivity index (χ1v) is 15.7. The SMILES string of the molecule is C[C@H]1COCCN1c1nc(-c2ccc(NC(=O)Nc3ccc(C(=O)NCCN4CCCC4)cc3)cc2)nc(N2CCOCC2)n1. The number of amides is 3. The van der Waals surface area contributed by atoms with Crippen molar-refractivity contribution in [1.82, 2.24) is 25.2 Å². The topological polar surface area (TPSA) is 137 Å². The van der Waals surface area contributed by atoms with Crippen LogP contribution in [-0.4, -0.2) is 110 Å². The van der Waals surface area contributed by atoms with Gasteiger partial charge in [0, 0.05) is 55.2 Å². The minimum absolute atomic E-state index is 0.118. The normalized spacial score (nSPS) is 18.9. The molecule has 3 aromatic rings. The van der Waals surface area contributed by atoms with Crippen molar-refractivity contribution in [2.45, 2.75) is 25.8 Å². The Balaban J connectivity index is 1.07. The third-order valence-corrected chi connectivity index (χ3v) is 8.25. The number of urea groups is 1. The molecule has 6 rings (SSSR count). The van der Waals surface area contributed by atoms with Crippen molar-refractivity contribution in [3.63, 3.8) is 0 Å². The van der Waals surface area contributed by atoms with Gasteiger partial charge in [0.15, 0.2) is 5.82 Å². The van der Waals surface area contributed by atoms with Gasteiger partial charge >= 0.3 is 6.03 Å². The van der Waals surface area contributed by atoms with E-state index >= 15 is 0 Å². The predicted octanol–water partition coefficient (Wildman–Crippen LogP) is 3.07. The summed E-state index contributed by atoms with van der Waals surface area (Å²) in [5.41, 5.74) is 2.58. The Bertz CT molecular complexity index is 1440. The molecule has 45 heavy (non-hydrogen) atoms. The van der Waals surface area contributed by atoms with Gasteiger partial charge in [-0.2, -0.15) is 15.0 Å². The number of nitrogens with one attached hydrogen (secondary N) is 3. The Kier molecular flexibility index (Phi) is 9.98. The maximum Gasteiger partial charge on any atom is 0.323 e. The van der Waals surface area contributed by atoms with Crippen LogP contribution < -0.4 is 25.8 Å². The highest BCUT2D eigenvalue weighted by Gasteiger charge is 2.25. The minimum Gasteiger partial charge on any atom is -0.378 e. The molecule has 238 valence electrons. The summed E-state index contributed by atoms with van der Waals surface area (Å²) in [4.78, 5) is 46.3. The van der Waals surface area contributed by atoms with Crippen LogP contribution in [0.3, 0.4) is 0 Å². The molecule has 0 radical (unpaired) electrons. The summed E-state index contributed by atoms with van der Waals surface area (Å²) in [6.07, 6.45) is 2.46. The number of nitrogens with zero attached hydrogens (tertiary/aromatic N) is 6. The van der Waals surface area contributed by atoms with E-state index in [1.165, 1.54) is 12.8 Å². The van der Waals surface area contributed by atoms with Gasteiger partial charge in [0.25, 0.3) is 5.91 Å². The molecule has 3 fully saturated rings. The number of hydrogen-bond donors (Lipinski definition) is 3. The Labute approximate surface area is 263 Å². The fourth-order valence-corrected chi connectivity index (χ4v) is 5.68. The Morgan fingerprint density at radius 2 is 1.44 bits per heavy atom. The second-order valence-corrected chi connectivity index (χ2v) is 11.5. The molecule has 0 unspecified atom stereocenters. The molecule has 1 aromatic heterocycles. The first kappa shape index (κ1) is 30.7. The number of aromatic nitrogens is 3. The van der Waals surface area contributed by atoms with E-state index in [2.05, 4.69) is 37.6 Å². The third kappa shape index (κ3) is 8.04. The van der Waals surface area contributed by atoms with Gasteiger partial charge in [0.05, 0.1) is 32.5 Å². The van der Waals surface area contributed by atoms with Crippen LogP contribution in [0.4, 0.5) is 28.1 Å². The first-order valence-electron chi connectivity index (χ1n) is 15.7. The van der Waals surface area contributed by atoms with E-state index in [0.29, 0.717) is 87.3 Å². The fourth-order valence-electron chi connectivity index (χ4n) is 5.68. The summed E-state index contributed by atoms with van der Waals surface area (Å²) >= 11 is 0. The number of morpholine rings is 2. The summed E-state index contributed by atoms with van der Waals surface area (Å²) in [7, 11) is 0. The van der Waals surface area contributed by atoms with Crippen LogP contribution in [0.2, 0.25) is 0 Å². The first-order chi connectivity index (χ1) is 22.0. The third-order valence-electron chi connectivity index (χ3n) is 8.25. The second kappa shape index (κ2) is 14.6. The molecule has 3 N–H and O–H groups in total. The smallest absolute Gasteiger partial charge is 0.323 e. The van der Waals surface area contributed by atoms with Crippen molar-refractivity contribution in [3.05, 3.63) is 54.1 Å². The van der Waals surface area contributed by atoms with Crippen LogP contribution in [0, 0.1) is 0 Å². The number of ether oxygens (including phenoxy) is 2. The maximum atomic E-state index is 12.7. The zero-order chi connectivity index (χ0) is 31.0. The standard InChI is InChI=1S/C32H41N9O4/c1-23-22-45-21-18-41(23)31-37-28(36-30(38-31)40-16-19-44-20-17-40)24-4-8-26(9-5-24)34-32(43)35-27-10-6-25(7-11-27)29(42)33-12-15-39-13-2-3-14-39/h4-11,23H,2-3,12-22H2,1H3,(H,33,42)(H2,34,35,43)/t23-/m0/s1. The number of likely N-dealkylation sites (tertiary alicyclic amines) is 1. The summed E-state index contributed by atoms with van der Waals surface area (Å²) in [5, 5.41) is 8.65. The molecule has 0 spiro atoms. The Hall–Kier alpha value is -4.33. The van der Waals surface area contributed by atoms with E-state index in [-0.39, 0.29) is 18.0 Å². The van der Waals surface area contributed by atoms with Crippen molar-refractivity contribution in [3.8, 4) is 11.4 Å². The number of hydrogen-bond acceptors (Lipinski definition) is 10. The monoisotopic (exact) mass is 615 g/mol. The molecule has 13 nitrogen and oxygen atoms in total. The van der Waals surface area contributed by atoms with Crippen LogP contribution >= 0.6 is 0 Å². The highest BCUT2D eigenvalue weighted by atomic mass is 16.5. The molecule has 3 aliphatic rings. The van der Waals surface area contributed by atoms with E-state index in [1.54, 1.807) is 24.3 Å². The van der Waals surface area contributed by atoms with E-state index in [4.69, 9.17) is 24.4 Å². The molecule has 2 aromatic carbocycles. The Morgan fingerprint density at radius 3 is 2.13 bits per heavy atom. The summed E-state index contributed by atoms with van der Waals surface area (Å²) in [5.74, 6) is 1.71. The lowest BCUT2D eigenvalue weighted by Gasteiger charge is -2.34. The van der Waals surface area contributed by atoms with Gasteiger partial charge in [-0.25, -0.2) is 4.79 Å². The van der Waals surface area contributed by atoms with Gasteiger partial charge in [0.1, 0.15) is 0 Å². The summed E-state index contributed by atoms with van der Waals surface area (Å²) < 4.78 is 11.1. The molecular formula is C32H41N9O4. The molecule has 0 bridgehead atoms. The van der Waals surface area contributed by atoms with Crippen molar-refractivity contribution < 1.29 is 19.1 Å². The maximum absolute atomic E-state index is 12.7. The average Bonchev–Trinajstić information content (AvgIpc) is 3.59. The predicted molar refractivity (Wildman–Crippen MR) is 173 cm³/mol. The lowest BCUT2D eigenvalue weighted by molar-refractivity contribution is 0.0949. The zero-order valence-corrected chi connectivity index (χ0v) is 25.7. The van der Waals surface area contributed by atoms with Gasteiger partial charge < -0.3 is 40.1 Å². The van der Waals surface area contributed by atoms with Crippen molar-refractivity contribution >= 4 is 35.2 Å². The molecule has 1 atom stereocenters. The Morgan fingerprint density at radius 1 is 0.800 bits per heavy atom. The second-order valence-electron chi connectivity index (χ2n) is 11.5. The number of carbonyl (C=O) groups is 2. The lowest BCUT2D eigenvalue weighted by atomic mass is 10.2. The average molecular weight is 616 g/mol. The molecule has 13 heteroatoms. The molecular weight excluding hydrogens is 574 g/mol. The van der Waals surface area contributed by atoms with Crippen molar-refractivity contribution in [2.75, 3.05) is 92.7 Å².